The molecule has 86 heavy (non-hydrogen) atoms. The summed E-state index contributed by atoms with van der Waals surface area (Å²) >= 11 is 0. The first-order chi connectivity index (χ1) is 41.2. The molecular weight excluding hydrogens is 1040 g/mol. The first-order valence-corrected chi connectivity index (χ1v) is 30.3. The number of nitrogens with one attached hydrogen (secondary N) is 2. The van der Waals surface area contributed by atoms with Crippen LogP contribution in [-0.4, -0.2) is 4.98 Å². The zero-order chi connectivity index (χ0) is 60.1. The van der Waals surface area contributed by atoms with Gasteiger partial charge in [-0.05, 0) is 162 Å². The lowest BCUT2D eigenvalue weighted by Gasteiger charge is -2.31. The summed E-state index contributed by atoms with van der Waals surface area (Å²) in [6, 6.07) is 89.0. The van der Waals surface area contributed by atoms with E-state index in [9.17, 15) is 0 Å². The summed E-state index contributed by atoms with van der Waals surface area (Å²) in [5.74, 6) is 0.869. The summed E-state index contributed by atoms with van der Waals surface area (Å²) < 4.78 is 0. The Balaban J connectivity index is 1.04. The van der Waals surface area contributed by atoms with Crippen LogP contribution in [0.15, 0.2) is 249 Å². The Morgan fingerprint density at radius 1 is 0.314 bits per heavy atom. The number of pyridine rings is 1. The second kappa shape index (κ2) is 22.5. The van der Waals surface area contributed by atoms with Gasteiger partial charge in [-0.1, -0.05) is 241 Å². The molecule has 0 atom stereocenters. The minimum absolute atomic E-state index is 0.0680. The van der Waals surface area contributed by atoms with Gasteiger partial charge in [0.25, 0.3) is 0 Å². The summed E-state index contributed by atoms with van der Waals surface area (Å²) in [5, 5.41) is 8.19. The van der Waals surface area contributed by atoms with Crippen LogP contribution in [0.2, 0.25) is 0 Å². The molecule has 0 saturated carbocycles. The van der Waals surface area contributed by atoms with Crippen LogP contribution >= 0.6 is 0 Å². The van der Waals surface area contributed by atoms with Crippen molar-refractivity contribution in [3.8, 4) is 55.6 Å². The number of hydrogen-bond donors (Lipinski definition) is 2. The second-order valence-electron chi connectivity index (χ2n) is 27.2. The van der Waals surface area contributed by atoms with Gasteiger partial charge in [-0.25, -0.2) is 4.98 Å². The van der Waals surface area contributed by atoms with Gasteiger partial charge in [0.15, 0.2) is 0 Å². The molecule has 0 unspecified atom stereocenters. The first kappa shape index (κ1) is 57.0. The fourth-order valence-corrected chi connectivity index (χ4v) is 11.9. The van der Waals surface area contributed by atoms with E-state index in [1.54, 1.807) is 0 Å². The molecule has 5 nitrogen and oxygen atoms in total. The minimum atomic E-state index is -0.121. The molecule has 2 N–H and O–H groups in total. The van der Waals surface area contributed by atoms with E-state index in [0.717, 1.165) is 90.4 Å². The van der Waals surface area contributed by atoms with E-state index < -0.39 is 0 Å². The van der Waals surface area contributed by atoms with Crippen molar-refractivity contribution in [3.63, 3.8) is 0 Å². The molecule has 5 heteroatoms. The fraction of sp³-hybridized carbons (Fsp3) is 0.198. The third-order valence-corrected chi connectivity index (χ3v) is 16.8. The molecule has 428 valence electrons. The highest BCUT2D eigenvalue weighted by molar-refractivity contribution is 6.04. The molecule has 0 aliphatic carbocycles. The Morgan fingerprint density at radius 3 is 1.42 bits per heavy atom. The lowest BCUT2D eigenvalue weighted by molar-refractivity contribution is 0.569. The van der Waals surface area contributed by atoms with Crippen molar-refractivity contribution in [2.45, 2.75) is 105 Å². The molecule has 10 aromatic carbocycles. The molecule has 0 radical (unpaired) electrons. The van der Waals surface area contributed by atoms with Crippen LogP contribution in [0.25, 0.3) is 55.6 Å². The van der Waals surface area contributed by atoms with Crippen LogP contribution < -0.4 is 20.4 Å². The molecule has 0 saturated heterocycles. The van der Waals surface area contributed by atoms with E-state index in [-0.39, 0.29) is 21.7 Å². The lowest BCUT2D eigenvalue weighted by atomic mass is 9.77. The number of hydrogen-bond acceptors (Lipinski definition) is 5. The van der Waals surface area contributed by atoms with E-state index in [4.69, 9.17) is 4.98 Å². The summed E-state index contributed by atoms with van der Waals surface area (Å²) in [7, 11) is 0. The highest BCUT2D eigenvalue weighted by Crippen LogP contribution is 2.53. The number of rotatable bonds is 11. The molecule has 1 aromatic heterocycles. The molecule has 0 amide bonds. The maximum Gasteiger partial charge on any atom is 0.137 e. The van der Waals surface area contributed by atoms with Crippen molar-refractivity contribution in [2.75, 3.05) is 20.4 Å². The average molecular weight is 1120 g/mol. The van der Waals surface area contributed by atoms with E-state index in [2.05, 4.69) is 346 Å². The molecule has 2 heterocycles. The molecule has 0 spiro atoms. The third-order valence-electron chi connectivity index (χ3n) is 16.8. The van der Waals surface area contributed by atoms with Gasteiger partial charge in [-0.2, -0.15) is 0 Å². The highest BCUT2D eigenvalue weighted by Gasteiger charge is 2.31. The standard InChI is InChI=1S/C81H79N5/c1-78(2,3)58-42-43-82-76(51-58)86-74-39-27-24-36-68(74)66-34-22-23-35-67(66)69-41-40-64(53-75(69)86)85(63-32-20-15-21-33-63)65-47-56(54-28-16-13-17-29-54)46-62(52-65)83-72-37-25-26-38-73(72)84-77-70(55-30-18-14-19-31-55)49-61(81(10,11)12)50-71(77)57-44-59(79(4,5)6)48-60(45-57)80(7,8)9/h13-53,83-84H,1-12H3. The lowest BCUT2D eigenvalue weighted by Crippen LogP contribution is -2.17. The number of nitrogens with zero attached hydrogens (tertiary/aromatic N) is 3. The minimum Gasteiger partial charge on any atom is -0.354 e. The van der Waals surface area contributed by atoms with Gasteiger partial charge in [0, 0.05) is 51.2 Å². The second-order valence-corrected chi connectivity index (χ2v) is 27.2. The average Bonchev–Trinajstić information content (AvgIpc) is 1.69. The number of aromatic nitrogens is 1. The zero-order valence-corrected chi connectivity index (χ0v) is 52.0. The van der Waals surface area contributed by atoms with E-state index in [1.165, 1.54) is 44.5 Å². The topological polar surface area (TPSA) is 43.4 Å². The van der Waals surface area contributed by atoms with Gasteiger partial charge in [-0.3, -0.25) is 4.90 Å². The van der Waals surface area contributed by atoms with Crippen LogP contribution in [0.3, 0.4) is 0 Å². The largest absolute Gasteiger partial charge is 0.354 e. The zero-order valence-electron chi connectivity index (χ0n) is 52.0. The van der Waals surface area contributed by atoms with Gasteiger partial charge >= 0.3 is 0 Å². The van der Waals surface area contributed by atoms with Crippen LogP contribution in [-0.2, 0) is 21.7 Å². The van der Waals surface area contributed by atoms with Crippen molar-refractivity contribution in [3.05, 3.63) is 271 Å². The Morgan fingerprint density at radius 2 is 0.814 bits per heavy atom. The maximum absolute atomic E-state index is 5.18. The van der Waals surface area contributed by atoms with Gasteiger partial charge in [-0.15, -0.1) is 0 Å². The van der Waals surface area contributed by atoms with Crippen molar-refractivity contribution < 1.29 is 0 Å². The van der Waals surface area contributed by atoms with Gasteiger partial charge in [0.1, 0.15) is 5.82 Å². The van der Waals surface area contributed by atoms with E-state index in [1.807, 2.05) is 6.20 Å². The van der Waals surface area contributed by atoms with Crippen molar-refractivity contribution in [2.24, 2.45) is 0 Å². The molecule has 12 rings (SSSR count). The molecule has 1 aliphatic rings. The summed E-state index contributed by atoms with van der Waals surface area (Å²) in [6.07, 6.45) is 1.96. The first-order valence-electron chi connectivity index (χ1n) is 30.3. The molecular formula is C81H79N5. The normalized spacial score (nSPS) is 12.4. The van der Waals surface area contributed by atoms with E-state index in [0.29, 0.717) is 0 Å². The molecule has 0 fully saturated rings. The van der Waals surface area contributed by atoms with Gasteiger partial charge in [0.05, 0.1) is 28.4 Å². The van der Waals surface area contributed by atoms with Crippen LogP contribution in [0, 0.1) is 0 Å². The Kier molecular flexibility index (Phi) is 14.9. The Hall–Kier alpha value is -9.45. The number of para-hydroxylation sites is 4. The monoisotopic (exact) mass is 1120 g/mol. The number of fused-ring (bicyclic) bond motifs is 5. The Labute approximate surface area is 511 Å². The predicted octanol–water partition coefficient (Wildman–Crippen LogP) is 23.3. The van der Waals surface area contributed by atoms with Crippen molar-refractivity contribution >= 4 is 57.0 Å². The van der Waals surface area contributed by atoms with Crippen molar-refractivity contribution in [1.82, 2.24) is 4.98 Å². The third kappa shape index (κ3) is 11.6. The highest BCUT2D eigenvalue weighted by atomic mass is 15.2. The summed E-state index contributed by atoms with van der Waals surface area (Å²) in [4.78, 5) is 9.95. The van der Waals surface area contributed by atoms with Gasteiger partial charge in [0.2, 0.25) is 0 Å². The number of benzene rings is 10. The van der Waals surface area contributed by atoms with Crippen LogP contribution in [0.4, 0.5) is 57.0 Å². The van der Waals surface area contributed by atoms with Gasteiger partial charge < -0.3 is 15.5 Å². The van der Waals surface area contributed by atoms with Crippen LogP contribution in [0.1, 0.15) is 105 Å². The van der Waals surface area contributed by atoms with Crippen LogP contribution in [0.5, 0.6) is 0 Å². The predicted molar refractivity (Wildman–Crippen MR) is 369 cm³/mol. The SMILES string of the molecule is CC(C)(C)c1cc(-c2cc(C(C)(C)C)cc(-c3ccccc3)c2Nc2ccccc2Nc2cc(-c3ccccc3)cc(N(c3ccccc3)c3ccc4c(c3)N(c3cc(C(C)(C)C)ccn3)c3ccccc3-c3ccccc3-4)c2)cc(C(C)(C)C)c1. The van der Waals surface area contributed by atoms with E-state index >= 15 is 0 Å². The summed E-state index contributed by atoms with van der Waals surface area (Å²) in [6.45, 7) is 27.7. The van der Waals surface area contributed by atoms with Crippen molar-refractivity contribution in [1.29, 1.82) is 0 Å². The molecule has 1 aliphatic heterocycles. The quantitative estimate of drug-likeness (QED) is 0.135. The number of anilines is 10. The maximum atomic E-state index is 5.18. The fourth-order valence-electron chi connectivity index (χ4n) is 11.9. The smallest absolute Gasteiger partial charge is 0.137 e. The Bertz CT molecular complexity index is 4230. The molecule has 11 aromatic rings. The summed E-state index contributed by atoms with van der Waals surface area (Å²) in [5.41, 5.74) is 25.4. The molecule has 0 bridgehead atoms.